The van der Waals surface area contributed by atoms with E-state index in [-0.39, 0.29) is 18.0 Å². The molecule has 0 aliphatic heterocycles. The first-order valence-corrected chi connectivity index (χ1v) is 6.81. The van der Waals surface area contributed by atoms with Crippen molar-refractivity contribution < 1.29 is 4.79 Å². The Morgan fingerprint density at radius 2 is 1.77 bits per heavy atom. The highest BCUT2D eigenvalue weighted by Gasteiger charge is 2.14. The van der Waals surface area contributed by atoms with Gasteiger partial charge in [0.2, 0.25) is 5.91 Å². The molecule has 0 aliphatic carbocycles. The van der Waals surface area contributed by atoms with Crippen LogP contribution in [0.5, 0.6) is 0 Å². The van der Waals surface area contributed by atoms with Gasteiger partial charge in [0.15, 0.2) is 0 Å². The molecular formula is C16H14N4O2. The van der Waals surface area contributed by atoms with Gasteiger partial charge in [-0.05, 0) is 24.3 Å². The lowest BCUT2D eigenvalue weighted by Crippen LogP contribution is -2.35. The summed E-state index contributed by atoms with van der Waals surface area (Å²) in [5.41, 5.74) is 0.960. The number of carbonyl (C=O) groups is 1. The second kappa shape index (κ2) is 5.77. The van der Waals surface area contributed by atoms with Gasteiger partial charge in [0, 0.05) is 12.7 Å². The van der Waals surface area contributed by atoms with Crippen LogP contribution < -0.4 is 10.5 Å². The van der Waals surface area contributed by atoms with Gasteiger partial charge in [-0.1, -0.05) is 35.5 Å². The zero-order valence-corrected chi connectivity index (χ0v) is 12.0. The fraction of sp³-hybridized carbons (Fsp3) is 0.125. The molecule has 0 radical (unpaired) electrons. The third-order valence-electron chi connectivity index (χ3n) is 3.43. The van der Waals surface area contributed by atoms with Crippen molar-refractivity contribution >= 4 is 22.5 Å². The van der Waals surface area contributed by atoms with Crippen molar-refractivity contribution in [3.63, 3.8) is 0 Å². The maximum absolute atomic E-state index is 12.3. The molecule has 3 aromatic rings. The summed E-state index contributed by atoms with van der Waals surface area (Å²) < 4.78 is 1.09. The van der Waals surface area contributed by atoms with Gasteiger partial charge in [-0.2, -0.15) is 0 Å². The van der Waals surface area contributed by atoms with Crippen LogP contribution in [-0.2, 0) is 11.3 Å². The molecule has 0 saturated heterocycles. The molecule has 0 saturated carbocycles. The Kier molecular flexibility index (Phi) is 3.65. The third kappa shape index (κ3) is 2.58. The molecule has 0 bridgehead atoms. The van der Waals surface area contributed by atoms with Crippen LogP contribution in [-0.4, -0.2) is 27.9 Å². The molecule has 0 atom stereocenters. The Bertz CT molecular complexity index is 874. The van der Waals surface area contributed by atoms with E-state index < -0.39 is 0 Å². The predicted octanol–water partition coefficient (Wildman–Crippen LogP) is 1.45. The summed E-state index contributed by atoms with van der Waals surface area (Å²) in [6.07, 6.45) is 0. The zero-order chi connectivity index (χ0) is 15.5. The highest BCUT2D eigenvalue weighted by Crippen LogP contribution is 2.11. The number of aromatic nitrogens is 3. The van der Waals surface area contributed by atoms with E-state index in [1.54, 1.807) is 31.3 Å². The Hall–Kier alpha value is -3.02. The highest BCUT2D eigenvalue weighted by atomic mass is 16.2. The molecule has 22 heavy (non-hydrogen) atoms. The minimum Gasteiger partial charge on any atom is -0.314 e. The van der Waals surface area contributed by atoms with Crippen LogP contribution in [0, 0.1) is 0 Å². The van der Waals surface area contributed by atoms with Crippen molar-refractivity contribution in [2.24, 2.45) is 0 Å². The molecule has 0 spiro atoms. The number of hydrogen-bond donors (Lipinski definition) is 0. The largest absolute Gasteiger partial charge is 0.314 e. The van der Waals surface area contributed by atoms with E-state index in [9.17, 15) is 9.59 Å². The number of hydrogen-bond acceptors (Lipinski definition) is 4. The van der Waals surface area contributed by atoms with Gasteiger partial charge >= 0.3 is 0 Å². The highest BCUT2D eigenvalue weighted by molar-refractivity contribution is 5.92. The predicted molar refractivity (Wildman–Crippen MR) is 83.7 cm³/mol. The average molecular weight is 294 g/mol. The topological polar surface area (TPSA) is 68.1 Å². The summed E-state index contributed by atoms with van der Waals surface area (Å²) in [5, 5.41) is 8.25. The summed E-state index contributed by atoms with van der Waals surface area (Å²) in [4.78, 5) is 26.1. The lowest BCUT2D eigenvalue weighted by Gasteiger charge is -2.17. The zero-order valence-electron chi connectivity index (χ0n) is 12.0. The molecule has 1 heterocycles. The van der Waals surface area contributed by atoms with Gasteiger partial charge in [0.25, 0.3) is 5.56 Å². The number of fused-ring (bicyclic) bond motifs is 1. The van der Waals surface area contributed by atoms with Crippen LogP contribution in [0.4, 0.5) is 5.69 Å². The number of amides is 1. The fourth-order valence-electron chi connectivity index (χ4n) is 2.16. The van der Waals surface area contributed by atoms with Gasteiger partial charge in [-0.25, -0.2) is 4.68 Å². The standard InChI is InChI=1S/C16H14N4O2/c1-19(12-7-3-2-4-8-12)15(21)11-20-16(22)13-9-5-6-10-14(13)17-18-20/h2-10H,11H2,1H3. The number of nitrogens with zero attached hydrogens (tertiary/aromatic N) is 4. The lowest BCUT2D eigenvalue weighted by molar-refractivity contribution is -0.119. The first-order chi connectivity index (χ1) is 10.7. The normalized spacial score (nSPS) is 10.6. The number of anilines is 1. The molecule has 0 aliphatic rings. The van der Waals surface area contributed by atoms with E-state index in [0.29, 0.717) is 10.9 Å². The number of rotatable bonds is 3. The molecule has 0 unspecified atom stereocenters. The Labute approximate surface area is 126 Å². The Morgan fingerprint density at radius 3 is 2.55 bits per heavy atom. The van der Waals surface area contributed by atoms with Gasteiger partial charge in [0.1, 0.15) is 12.1 Å². The van der Waals surface area contributed by atoms with E-state index >= 15 is 0 Å². The van der Waals surface area contributed by atoms with Crippen molar-refractivity contribution in [3.8, 4) is 0 Å². The molecule has 3 rings (SSSR count). The molecular weight excluding hydrogens is 280 g/mol. The minimum atomic E-state index is -0.319. The lowest BCUT2D eigenvalue weighted by atomic mass is 10.2. The van der Waals surface area contributed by atoms with Gasteiger partial charge in [0.05, 0.1) is 5.39 Å². The van der Waals surface area contributed by atoms with Crippen LogP contribution >= 0.6 is 0 Å². The molecule has 6 heteroatoms. The van der Waals surface area contributed by atoms with E-state index in [1.807, 2.05) is 30.3 Å². The number of para-hydroxylation sites is 1. The number of carbonyl (C=O) groups excluding carboxylic acids is 1. The van der Waals surface area contributed by atoms with Crippen molar-refractivity contribution in [1.82, 2.24) is 15.0 Å². The molecule has 0 fully saturated rings. The number of likely N-dealkylation sites (N-methyl/N-ethyl adjacent to an activating group) is 1. The number of benzene rings is 2. The summed E-state index contributed by atoms with van der Waals surface area (Å²) in [6.45, 7) is -0.151. The Morgan fingerprint density at radius 1 is 1.09 bits per heavy atom. The van der Waals surface area contributed by atoms with Crippen LogP contribution in [0.3, 0.4) is 0 Å². The van der Waals surface area contributed by atoms with Crippen molar-refractivity contribution in [2.75, 3.05) is 11.9 Å². The third-order valence-corrected chi connectivity index (χ3v) is 3.43. The van der Waals surface area contributed by atoms with Crippen molar-refractivity contribution in [3.05, 3.63) is 65.0 Å². The van der Waals surface area contributed by atoms with Crippen LogP contribution in [0.15, 0.2) is 59.4 Å². The first-order valence-electron chi connectivity index (χ1n) is 6.81. The summed E-state index contributed by atoms with van der Waals surface area (Å²) in [5.74, 6) is -0.238. The maximum atomic E-state index is 12.3. The van der Waals surface area contributed by atoms with E-state index in [0.717, 1.165) is 10.4 Å². The van der Waals surface area contributed by atoms with Crippen LogP contribution in [0.25, 0.3) is 10.9 Å². The second-order valence-corrected chi connectivity index (χ2v) is 4.86. The quantitative estimate of drug-likeness (QED) is 0.733. The molecule has 110 valence electrons. The van der Waals surface area contributed by atoms with Crippen molar-refractivity contribution in [2.45, 2.75) is 6.54 Å². The molecule has 2 aromatic carbocycles. The van der Waals surface area contributed by atoms with E-state index in [1.165, 1.54) is 4.90 Å². The van der Waals surface area contributed by atoms with Crippen molar-refractivity contribution in [1.29, 1.82) is 0 Å². The smallest absolute Gasteiger partial charge is 0.278 e. The second-order valence-electron chi connectivity index (χ2n) is 4.86. The van der Waals surface area contributed by atoms with Gasteiger partial charge in [-0.15, -0.1) is 5.10 Å². The average Bonchev–Trinajstić information content (AvgIpc) is 2.57. The summed E-state index contributed by atoms with van der Waals surface area (Å²) in [6, 6.07) is 16.2. The van der Waals surface area contributed by atoms with Crippen LogP contribution in [0.1, 0.15) is 0 Å². The molecule has 6 nitrogen and oxygen atoms in total. The first kappa shape index (κ1) is 13.9. The minimum absolute atomic E-state index is 0.151. The molecule has 1 amide bonds. The monoisotopic (exact) mass is 294 g/mol. The maximum Gasteiger partial charge on any atom is 0.278 e. The summed E-state index contributed by atoms with van der Waals surface area (Å²) >= 11 is 0. The summed E-state index contributed by atoms with van der Waals surface area (Å²) in [7, 11) is 1.66. The molecule has 1 aromatic heterocycles. The SMILES string of the molecule is CN(C(=O)Cn1nnc2ccccc2c1=O)c1ccccc1. The van der Waals surface area contributed by atoms with E-state index in [2.05, 4.69) is 10.3 Å². The Balaban J connectivity index is 1.89. The van der Waals surface area contributed by atoms with Crippen LogP contribution in [0.2, 0.25) is 0 Å². The van der Waals surface area contributed by atoms with Gasteiger partial charge in [-0.3, -0.25) is 9.59 Å². The van der Waals surface area contributed by atoms with E-state index in [4.69, 9.17) is 0 Å². The molecule has 0 N–H and O–H groups in total. The van der Waals surface area contributed by atoms with Gasteiger partial charge < -0.3 is 4.90 Å². The fourth-order valence-corrected chi connectivity index (χ4v) is 2.16.